The molecule has 0 spiro atoms. The van der Waals surface area contributed by atoms with Gasteiger partial charge in [-0.2, -0.15) is 0 Å². The summed E-state index contributed by atoms with van der Waals surface area (Å²) in [6.07, 6.45) is 0.922. The fraction of sp³-hybridized carbons (Fsp3) is 1.00. The molecule has 44 valence electrons. The minimum atomic E-state index is 0.124. The summed E-state index contributed by atoms with van der Waals surface area (Å²) in [5, 5.41) is 0.124. The molecule has 1 unspecified atom stereocenters. The average Bonchev–Trinajstić information content (AvgIpc) is 1.68. The highest BCUT2D eigenvalue weighted by atomic mass is 35.5. The van der Waals surface area contributed by atoms with Gasteiger partial charge < -0.3 is 5.73 Å². The minimum absolute atomic E-state index is 0.124. The Morgan fingerprint density at radius 2 is 2.14 bits per heavy atom. The summed E-state index contributed by atoms with van der Waals surface area (Å²) in [5.74, 6) is 0.539. The Morgan fingerprint density at radius 3 is 2.29 bits per heavy atom. The largest absolute Gasteiger partial charge is 0.358 e. The summed E-state index contributed by atoms with van der Waals surface area (Å²) in [6.45, 7) is 0.876. The topological polar surface area (TPSA) is 27.6 Å². The van der Waals surface area contributed by atoms with Crippen LogP contribution in [0, 0.1) is 0 Å². The molecule has 3 N–H and O–H groups in total. The lowest BCUT2D eigenvalue weighted by atomic mass is 10.3. The molecule has 7 heavy (non-hydrogen) atoms. The van der Waals surface area contributed by atoms with Crippen molar-refractivity contribution in [1.29, 1.82) is 0 Å². The van der Waals surface area contributed by atoms with Gasteiger partial charge in [0.2, 0.25) is 0 Å². The molecule has 0 fully saturated rings. The molecule has 0 bridgehead atoms. The molecule has 0 aliphatic carbocycles. The predicted molar refractivity (Wildman–Crippen MR) is 32.7 cm³/mol. The van der Waals surface area contributed by atoms with Gasteiger partial charge in [-0.25, -0.2) is 0 Å². The normalized spacial score (nSPS) is 14.1. The van der Waals surface area contributed by atoms with E-state index in [1.165, 1.54) is 0 Å². The van der Waals surface area contributed by atoms with Crippen molar-refractivity contribution in [2.45, 2.75) is 11.8 Å². The zero-order valence-corrected chi connectivity index (χ0v) is 5.67. The molecule has 0 saturated carbocycles. The maximum atomic E-state index is 5.59. The van der Waals surface area contributed by atoms with Crippen LogP contribution in [0.5, 0.6) is 0 Å². The minimum Gasteiger partial charge on any atom is -0.358 e. The first kappa shape index (κ1) is 7.54. The van der Waals surface area contributed by atoms with Gasteiger partial charge in [0.05, 0.1) is 11.9 Å². The van der Waals surface area contributed by atoms with Crippen molar-refractivity contribution in [1.82, 2.24) is 0 Å². The first-order chi connectivity index (χ1) is 3.31. The van der Waals surface area contributed by atoms with Gasteiger partial charge in [0.25, 0.3) is 0 Å². The van der Waals surface area contributed by atoms with Gasteiger partial charge in [-0.1, -0.05) is 0 Å². The van der Waals surface area contributed by atoms with Crippen LogP contribution in [-0.4, -0.2) is 17.8 Å². The van der Waals surface area contributed by atoms with Gasteiger partial charge in [0.15, 0.2) is 0 Å². The van der Waals surface area contributed by atoms with Crippen LogP contribution in [-0.2, 0) is 0 Å². The van der Waals surface area contributed by atoms with Crippen molar-refractivity contribution in [2.75, 3.05) is 12.4 Å². The number of halogens is 2. The maximum absolute atomic E-state index is 5.59. The molecule has 1 atom stereocenters. The summed E-state index contributed by atoms with van der Waals surface area (Å²) in [6, 6.07) is 0. The van der Waals surface area contributed by atoms with Crippen LogP contribution in [0.15, 0.2) is 0 Å². The van der Waals surface area contributed by atoms with E-state index in [0.29, 0.717) is 5.88 Å². The molecule has 0 saturated heterocycles. The van der Waals surface area contributed by atoms with Gasteiger partial charge in [-0.15, -0.1) is 23.2 Å². The van der Waals surface area contributed by atoms with Gasteiger partial charge >= 0.3 is 0 Å². The number of rotatable bonds is 3. The molecular formula is C4H10Cl2N+. The SMILES string of the molecule is [NH3+]CCC(Cl)CCl. The smallest absolute Gasteiger partial charge is 0.0754 e. The van der Waals surface area contributed by atoms with E-state index in [0.717, 1.165) is 13.0 Å². The fourth-order valence-corrected chi connectivity index (χ4v) is 0.607. The first-order valence-electron chi connectivity index (χ1n) is 2.30. The monoisotopic (exact) mass is 142 g/mol. The Morgan fingerprint density at radius 1 is 1.57 bits per heavy atom. The van der Waals surface area contributed by atoms with Crippen LogP contribution < -0.4 is 5.73 Å². The zero-order valence-electron chi connectivity index (χ0n) is 4.16. The van der Waals surface area contributed by atoms with Crippen molar-refractivity contribution >= 4 is 23.2 Å². The van der Waals surface area contributed by atoms with E-state index in [-0.39, 0.29) is 5.38 Å². The standard InChI is InChI=1S/C4H9Cl2N/c5-3-4(6)1-2-7/h4H,1-3,7H2/p+1. The maximum Gasteiger partial charge on any atom is 0.0754 e. The fourth-order valence-electron chi connectivity index (χ4n) is 0.299. The second-order valence-corrected chi connectivity index (χ2v) is 2.32. The van der Waals surface area contributed by atoms with E-state index in [9.17, 15) is 0 Å². The van der Waals surface area contributed by atoms with E-state index in [1.807, 2.05) is 0 Å². The average molecular weight is 143 g/mol. The highest BCUT2D eigenvalue weighted by Gasteiger charge is 1.99. The number of quaternary nitrogens is 1. The third-order valence-electron chi connectivity index (χ3n) is 0.685. The Kier molecular flexibility index (Phi) is 5.05. The lowest BCUT2D eigenvalue weighted by molar-refractivity contribution is -0.368. The molecule has 0 aromatic carbocycles. The molecule has 0 aliphatic heterocycles. The molecule has 0 heterocycles. The van der Waals surface area contributed by atoms with Gasteiger partial charge in [-0.3, -0.25) is 0 Å². The van der Waals surface area contributed by atoms with Crippen molar-refractivity contribution < 1.29 is 5.73 Å². The lowest BCUT2D eigenvalue weighted by Crippen LogP contribution is -2.51. The van der Waals surface area contributed by atoms with Gasteiger partial charge in [0.1, 0.15) is 0 Å². The van der Waals surface area contributed by atoms with Crippen molar-refractivity contribution in [2.24, 2.45) is 0 Å². The quantitative estimate of drug-likeness (QED) is 0.556. The predicted octanol–water partition coefficient (Wildman–Crippen LogP) is 0.465. The van der Waals surface area contributed by atoms with Crippen LogP contribution in [0.2, 0.25) is 0 Å². The summed E-state index contributed by atoms with van der Waals surface area (Å²) in [4.78, 5) is 0. The van der Waals surface area contributed by atoms with E-state index < -0.39 is 0 Å². The van der Waals surface area contributed by atoms with Gasteiger partial charge in [0, 0.05) is 12.3 Å². The van der Waals surface area contributed by atoms with Crippen LogP contribution in [0.4, 0.5) is 0 Å². The van der Waals surface area contributed by atoms with Crippen molar-refractivity contribution in [3.8, 4) is 0 Å². The summed E-state index contributed by atoms with van der Waals surface area (Å²) in [7, 11) is 0. The van der Waals surface area contributed by atoms with E-state index in [2.05, 4.69) is 5.73 Å². The summed E-state index contributed by atoms with van der Waals surface area (Å²) >= 11 is 11.0. The Bertz CT molecular complexity index is 40.7. The summed E-state index contributed by atoms with van der Waals surface area (Å²) < 4.78 is 0. The number of hydrogen-bond acceptors (Lipinski definition) is 0. The Labute approximate surface area is 53.8 Å². The highest BCUT2D eigenvalue weighted by Crippen LogP contribution is 2.00. The summed E-state index contributed by atoms with van der Waals surface area (Å²) in [5.41, 5.74) is 3.63. The highest BCUT2D eigenvalue weighted by molar-refractivity contribution is 6.28. The lowest BCUT2D eigenvalue weighted by Gasteiger charge is -1.96. The van der Waals surface area contributed by atoms with E-state index >= 15 is 0 Å². The van der Waals surface area contributed by atoms with Crippen molar-refractivity contribution in [3.63, 3.8) is 0 Å². The molecule has 3 heteroatoms. The molecule has 0 amide bonds. The van der Waals surface area contributed by atoms with E-state index in [1.54, 1.807) is 0 Å². The Hall–Kier alpha value is 0.540. The number of alkyl halides is 2. The third-order valence-corrected chi connectivity index (χ3v) is 1.59. The molecular weight excluding hydrogens is 133 g/mol. The van der Waals surface area contributed by atoms with E-state index in [4.69, 9.17) is 23.2 Å². The molecule has 0 aromatic rings. The molecule has 0 aliphatic rings. The van der Waals surface area contributed by atoms with Crippen LogP contribution >= 0.6 is 23.2 Å². The molecule has 0 rings (SSSR count). The molecule has 0 aromatic heterocycles. The van der Waals surface area contributed by atoms with Crippen LogP contribution in [0.25, 0.3) is 0 Å². The molecule has 1 nitrogen and oxygen atoms in total. The third kappa shape index (κ3) is 4.39. The van der Waals surface area contributed by atoms with Gasteiger partial charge in [-0.05, 0) is 0 Å². The van der Waals surface area contributed by atoms with Crippen LogP contribution in [0.1, 0.15) is 6.42 Å². The van der Waals surface area contributed by atoms with Crippen LogP contribution in [0.3, 0.4) is 0 Å². The number of hydrogen-bond donors (Lipinski definition) is 1. The second kappa shape index (κ2) is 4.69. The van der Waals surface area contributed by atoms with Crippen molar-refractivity contribution in [3.05, 3.63) is 0 Å². The second-order valence-electron chi connectivity index (χ2n) is 1.39. The Balaban J connectivity index is 2.83. The zero-order chi connectivity index (χ0) is 5.70. The molecule has 0 radical (unpaired) electrons. The first-order valence-corrected chi connectivity index (χ1v) is 3.27.